The van der Waals surface area contributed by atoms with E-state index in [2.05, 4.69) is 0 Å². The molecule has 2 atom stereocenters. The van der Waals surface area contributed by atoms with Crippen molar-refractivity contribution < 1.29 is 14.7 Å². The number of carboxylic acid groups (broad SMARTS) is 1. The molecule has 3 rings (SSSR count). The third kappa shape index (κ3) is 1.54. The minimum absolute atomic E-state index is 0.142. The Balaban J connectivity index is 1.71. The number of hydrogen-bond donors (Lipinski definition) is 1. The summed E-state index contributed by atoms with van der Waals surface area (Å²) in [7, 11) is 0. The molecule has 0 aromatic carbocycles. The van der Waals surface area contributed by atoms with Crippen LogP contribution in [0.3, 0.4) is 0 Å². The molecule has 2 heterocycles. The first kappa shape index (κ1) is 9.93. The largest absolute Gasteiger partial charge is 0.465 e. The maximum absolute atomic E-state index is 12.0. The van der Waals surface area contributed by atoms with Gasteiger partial charge in [-0.15, -0.1) is 0 Å². The highest BCUT2D eigenvalue weighted by molar-refractivity contribution is 5.81. The Morgan fingerprint density at radius 3 is 2.50 bits per heavy atom. The van der Waals surface area contributed by atoms with Gasteiger partial charge in [-0.1, -0.05) is 0 Å². The number of carbonyl (C=O) groups is 2. The van der Waals surface area contributed by atoms with E-state index in [0.717, 1.165) is 25.8 Å². The van der Waals surface area contributed by atoms with Gasteiger partial charge >= 0.3 is 6.09 Å². The maximum Gasteiger partial charge on any atom is 0.407 e. The minimum Gasteiger partial charge on any atom is -0.465 e. The number of amides is 2. The van der Waals surface area contributed by atoms with Crippen molar-refractivity contribution in [2.45, 2.75) is 25.3 Å². The molecule has 16 heavy (non-hydrogen) atoms. The van der Waals surface area contributed by atoms with E-state index in [1.54, 1.807) is 0 Å². The predicted octanol–water partition coefficient (Wildman–Crippen LogP) is 0.607. The second kappa shape index (κ2) is 3.37. The van der Waals surface area contributed by atoms with E-state index in [1.807, 2.05) is 4.90 Å². The molecule has 0 aromatic heterocycles. The van der Waals surface area contributed by atoms with E-state index in [-0.39, 0.29) is 17.9 Å². The Hall–Kier alpha value is -1.26. The molecule has 2 amide bonds. The van der Waals surface area contributed by atoms with Crippen LogP contribution >= 0.6 is 0 Å². The zero-order valence-corrected chi connectivity index (χ0v) is 9.13. The molecule has 2 saturated heterocycles. The zero-order chi connectivity index (χ0) is 11.3. The average molecular weight is 224 g/mol. The fourth-order valence-corrected chi connectivity index (χ4v) is 2.95. The smallest absolute Gasteiger partial charge is 0.407 e. The molecule has 5 heteroatoms. The van der Waals surface area contributed by atoms with Crippen molar-refractivity contribution in [1.82, 2.24) is 9.80 Å². The van der Waals surface area contributed by atoms with Crippen molar-refractivity contribution in [3.05, 3.63) is 0 Å². The summed E-state index contributed by atoms with van der Waals surface area (Å²) in [5.41, 5.74) is 0. The first-order valence-electron chi connectivity index (χ1n) is 5.93. The molecule has 1 N–H and O–H groups in total. The van der Waals surface area contributed by atoms with Crippen LogP contribution < -0.4 is 0 Å². The Morgan fingerprint density at radius 1 is 1.12 bits per heavy atom. The summed E-state index contributed by atoms with van der Waals surface area (Å²) in [6.07, 6.45) is 2.18. The molecule has 5 nitrogen and oxygen atoms in total. The fourth-order valence-electron chi connectivity index (χ4n) is 2.95. The van der Waals surface area contributed by atoms with Gasteiger partial charge < -0.3 is 14.9 Å². The van der Waals surface area contributed by atoms with Gasteiger partial charge in [0.25, 0.3) is 0 Å². The number of rotatable bonds is 1. The Kier molecular flexibility index (Phi) is 2.09. The number of hydrogen-bond acceptors (Lipinski definition) is 2. The fraction of sp³-hybridized carbons (Fsp3) is 0.818. The predicted molar refractivity (Wildman–Crippen MR) is 55.9 cm³/mol. The third-order valence-electron chi connectivity index (χ3n) is 3.89. The van der Waals surface area contributed by atoms with Gasteiger partial charge in [-0.2, -0.15) is 0 Å². The second-order valence-electron chi connectivity index (χ2n) is 5.21. The highest BCUT2D eigenvalue weighted by atomic mass is 16.4. The molecule has 0 radical (unpaired) electrons. The lowest BCUT2D eigenvalue weighted by Crippen LogP contribution is -2.46. The summed E-state index contributed by atoms with van der Waals surface area (Å²) >= 11 is 0. The van der Waals surface area contributed by atoms with Gasteiger partial charge in [0.05, 0.1) is 0 Å². The summed E-state index contributed by atoms with van der Waals surface area (Å²) in [6, 6.07) is 0.142. The van der Waals surface area contributed by atoms with Crippen molar-refractivity contribution >= 4 is 12.0 Å². The number of nitrogens with zero attached hydrogens (tertiary/aromatic N) is 2. The van der Waals surface area contributed by atoms with Gasteiger partial charge in [-0.3, -0.25) is 4.79 Å². The normalized spacial score (nSPS) is 33.0. The lowest BCUT2D eigenvalue weighted by Gasteiger charge is -2.30. The van der Waals surface area contributed by atoms with Crippen molar-refractivity contribution in [2.24, 2.45) is 11.8 Å². The van der Waals surface area contributed by atoms with E-state index in [9.17, 15) is 9.59 Å². The lowest BCUT2D eigenvalue weighted by molar-refractivity contribution is -0.133. The van der Waals surface area contributed by atoms with E-state index >= 15 is 0 Å². The summed E-state index contributed by atoms with van der Waals surface area (Å²) in [4.78, 5) is 26.3. The average Bonchev–Trinajstić information content (AvgIpc) is 3.04. The van der Waals surface area contributed by atoms with Crippen molar-refractivity contribution in [1.29, 1.82) is 0 Å². The molecule has 2 aliphatic heterocycles. The molecule has 2 bridgehead atoms. The Labute approximate surface area is 94.0 Å². The van der Waals surface area contributed by atoms with Gasteiger partial charge in [0.2, 0.25) is 5.91 Å². The molecular formula is C11H16N2O3. The molecule has 1 saturated carbocycles. The van der Waals surface area contributed by atoms with Gasteiger partial charge in [-0.25, -0.2) is 4.79 Å². The molecule has 0 spiro atoms. The molecule has 3 aliphatic rings. The standard InChI is InChI=1S/C11H16N2O3/c14-10(8-1-2-8)13-5-7-3-9(13)6-12(4-7)11(15)16/h7-9H,1-6H2,(H,15,16). The summed E-state index contributed by atoms with van der Waals surface area (Å²) in [6.45, 7) is 1.87. The molecule has 1 aliphatic carbocycles. The Morgan fingerprint density at radius 2 is 1.88 bits per heavy atom. The Bertz CT molecular complexity index is 340. The molecular weight excluding hydrogens is 208 g/mol. The van der Waals surface area contributed by atoms with Crippen LogP contribution in [0.5, 0.6) is 0 Å². The van der Waals surface area contributed by atoms with Gasteiger partial charge in [0.1, 0.15) is 0 Å². The van der Waals surface area contributed by atoms with Gasteiger partial charge in [0, 0.05) is 31.6 Å². The number of carbonyl (C=O) groups excluding carboxylic acids is 1. The van der Waals surface area contributed by atoms with Crippen molar-refractivity contribution in [3.63, 3.8) is 0 Å². The molecule has 0 aromatic rings. The van der Waals surface area contributed by atoms with Crippen molar-refractivity contribution in [2.75, 3.05) is 19.6 Å². The van der Waals surface area contributed by atoms with Crippen LogP contribution in [0.15, 0.2) is 0 Å². The lowest BCUT2D eigenvalue weighted by atomic mass is 10.0. The van der Waals surface area contributed by atoms with Crippen LogP contribution in [0, 0.1) is 11.8 Å². The van der Waals surface area contributed by atoms with Gasteiger partial charge in [-0.05, 0) is 25.2 Å². The van der Waals surface area contributed by atoms with Crippen molar-refractivity contribution in [3.8, 4) is 0 Å². The first-order chi connectivity index (χ1) is 7.65. The van der Waals surface area contributed by atoms with Gasteiger partial charge in [0.15, 0.2) is 0 Å². The van der Waals surface area contributed by atoms with Crippen LogP contribution in [0.4, 0.5) is 4.79 Å². The first-order valence-corrected chi connectivity index (χ1v) is 5.93. The monoisotopic (exact) mass is 224 g/mol. The van der Waals surface area contributed by atoms with E-state index in [1.165, 1.54) is 4.90 Å². The highest BCUT2D eigenvalue weighted by Gasteiger charge is 2.45. The minimum atomic E-state index is -0.851. The number of piperidine rings is 1. The van der Waals surface area contributed by atoms with E-state index < -0.39 is 6.09 Å². The highest BCUT2D eigenvalue weighted by Crippen LogP contribution is 2.36. The molecule has 88 valence electrons. The maximum atomic E-state index is 12.0. The van der Waals surface area contributed by atoms with E-state index in [4.69, 9.17) is 5.11 Å². The molecule has 3 fully saturated rings. The quantitative estimate of drug-likeness (QED) is 0.709. The van der Waals surface area contributed by atoms with Crippen LogP contribution in [-0.4, -0.2) is 52.6 Å². The molecule has 2 unspecified atom stereocenters. The van der Waals surface area contributed by atoms with Crippen LogP contribution in [0.2, 0.25) is 0 Å². The number of likely N-dealkylation sites (tertiary alicyclic amines) is 2. The van der Waals surface area contributed by atoms with E-state index in [0.29, 0.717) is 19.0 Å². The zero-order valence-electron chi connectivity index (χ0n) is 9.13. The summed E-state index contributed by atoms with van der Waals surface area (Å²) in [5, 5.41) is 8.97. The SMILES string of the molecule is O=C(O)N1CC2CC(C1)N(C(=O)C1CC1)C2. The topological polar surface area (TPSA) is 60.9 Å². The second-order valence-corrected chi connectivity index (χ2v) is 5.21. The summed E-state index contributed by atoms with van der Waals surface area (Å²) in [5.74, 6) is 0.870. The summed E-state index contributed by atoms with van der Waals surface area (Å²) < 4.78 is 0. The number of fused-ring (bicyclic) bond motifs is 2. The van der Waals surface area contributed by atoms with Crippen LogP contribution in [0.25, 0.3) is 0 Å². The van der Waals surface area contributed by atoms with Crippen LogP contribution in [0.1, 0.15) is 19.3 Å². The third-order valence-corrected chi connectivity index (χ3v) is 3.89. The van der Waals surface area contributed by atoms with Crippen LogP contribution in [-0.2, 0) is 4.79 Å².